The number of rotatable bonds is 8. The SMILES string of the molecule is CC(=O)O[C@H]1[C@H](Oc2cc(O)cc(O)c2C(=O)c2cc(O)cc(O)c2)O[C@H](CO)[C@@H](OC(=O)c2ccccc2)[C@@H]1O. The average Bonchev–Trinajstić information content (AvgIpc) is 2.91. The zero-order chi connectivity index (χ0) is 29.8. The van der Waals surface area contributed by atoms with Crippen LogP contribution in [0.15, 0.2) is 60.7 Å². The Hall–Kier alpha value is -4.85. The van der Waals surface area contributed by atoms with Crippen LogP contribution in [0.2, 0.25) is 0 Å². The summed E-state index contributed by atoms with van der Waals surface area (Å²) in [5.74, 6) is -5.46. The Kier molecular flexibility index (Phi) is 8.62. The van der Waals surface area contributed by atoms with Crippen LogP contribution in [0.1, 0.15) is 33.2 Å². The number of hydrogen-bond acceptors (Lipinski definition) is 13. The van der Waals surface area contributed by atoms with Gasteiger partial charge in [0.05, 0.1) is 12.2 Å². The first-order chi connectivity index (χ1) is 19.5. The van der Waals surface area contributed by atoms with Gasteiger partial charge < -0.3 is 49.6 Å². The highest BCUT2D eigenvalue weighted by Crippen LogP contribution is 2.38. The van der Waals surface area contributed by atoms with Crippen molar-refractivity contribution in [2.24, 2.45) is 0 Å². The van der Waals surface area contributed by atoms with Gasteiger partial charge in [0.15, 0.2) is 12.2 Å². The molecule has 1 aliphatic rings. The number of esters is 2. The second-order valence-electron chi connectivity index (χ2n) is 9.05. The topological polar surface area (TPSA) is 210 Å². The summed E-state index contributed by atoms with van der Waals surface area (Å²) in [6.45, 7) is 0.229. The van der Waals surface area contributed by atoms with Crippen LogP contribution >= 0.6 is 0 Å². The lowest BCUT2D eigenvalue weighted by atomic mass is 9.98. The third-order valence-electron chi connectivity index (χ3n) is 6.05. The number of ether oxygens (including phenoxy) is 4. The lowest BCUT2D eigenvalue weighted by Gasteiger charge is -2.42. The number of carbonyl (C=O) groups excluding carboxylic acids is 3. The quantitative estimate of drug-likeness (QED) is 0.167. The lowest BCUT2D eigenvalue weighted by Crippen LogP contribution is -2.62. The number of ketones is 1. The molecule has 0 aliphatic carbocycles. The van der Waals surface area contributed by atoms with Crippen LogP contribution in [-0.2, 0) is 19.0 Å². The van der Waals surface area contributed by atoms with Crippen molar-refractivity contribution in [1.82, 2.24) is 0 Å². The highest BCUT2D eigenvalue weighted by Gasteiger charge is 2.50. The van der Waals surface area contributed by atoms with Crippen molar-refractivity contribution in [3.8, 4) is 28.7 Å². The maximum atomic E-state index is 13.3. The highest BCUT2D eigenvalue weighted by molar-refractivity contribution is 6.13. The summed E-state index contributed by atoms with van der Waals surface area (Å²) in [4.78, 5) is 37.8. The van der Waals surface area contributed by atoms with Gasteiger partial charge in [0.1, 0.15) is 46.5 Å². The highest BCUT2D eigenvalue weighted by atomic mass is 16.7. The van der Waals surface area contributed by atoms with Crippen LogP contribution in [-0.4, -0.2) is 85.7 Å². The molecule has 0 saturated carbocycles. The van der Waals surface area contributed by atoms with Crippen molar-refractivity contribution in [2.45, 2.75) is 37.6 Å². The van der Waals surface area contributed by atoms with E-state index in [0.717, 1.165) is 37.3 Å². The summed E-state index contributed by atoms with van der Waals surface area (Å²) in [6, 6.07) is 12.5. The molecule has 1 saturated heterocycles. The number of hydrogen-bond donors (Lipinski definition) is 6. The number of benzene rings is 3. The van der Waals surface area contributed by atoms with E-state index < -0.39 is 89.3 Å². The largest absolute Gasteiger partial charge is 0.508 e. The van der Waals surface area contributed by atoms with E-state index in [2.05, 4.69) is 0 Å². The first-order valence-electron chi connectivity index (χ1n) is 12.2. The van der Waals surface area contributed by atoms with E-state index in [0.29, 0.717) is 0 Å². The molecular formula is C28H26O13. The molecule has 0 radical (unpaired) electrons. The molecule has 0 amide bonds. The van der Waals surface area contributed by atoms with Crippen molar-refractivity contribution in [1.29, 1.82) is 0 Å². The summed E-state index contributed by atoms with van der Waals surface area (Å²) < 4.78 is 22.0. The normalized spacial score (nSPS) is 22.0. The Labute approximate surface area is 232 Å². The van der Waals surface area contributed by atoms with E-state index in [9.17, 15) is 45.0 Å². The van der Waals surface area contributed by atoms with Gasteiger partial charge in [0.25, 0.3) is 0 Å². The molecule has 13 heteroatoms. The average molecular weight is 571 g/mol. The monoisotopic (exact) mass is 570 g/mol. The number of aromatic hydroxyl groups is 4. The molecule has 3 aromatic carbocycles. The van der Waals surface area contributed by atoms with Crippen LogP contribution in [0.25, 0.3) is 0 Å². The Morgan fingerprint density at radius 2 is 1.46 bits per heavy atom. The molecule has 41 heavy (non-hydrogen) atoms. The van der Waals surface area contributed by atoms with E-state index in [1.54, 1.807) is 18.2 Å². The van der Waals surface area contributed by atoms with Crippen molar-refractivity contribution in [2.75, 3.05) is 6.61 Å². The van der Waals surface area contributed by atoms with Crippen LogP contribution < -0.4 is 4.74 Å². The van der Waals surface area contributed by atoms with E-state index >= 15 is 0 Å². The van der Waals surface area contributed by atoms with Gasteiger partial charge in [-0.25, -0.2) is 4.79 Å². The molecule has 216 valence electrons. The number of aliphatic hydroxyl groups excluding tert-OH is 2. The number of phenolic OH excluding ortho intramolecular Hbond substituents is 4. The van der Waals surface area contributed by atoms with E-state index in [-0.39, 0.29) is 11.1 Å². The lowest BCUT2D eigenvalue weighted by molar-refractivity contribution is -0.281. The molecule has 1 heterocycles. The molecule has 1 aliphatic heterocycles. The second-order valence-corrected chi connectivity index (χ2v) is 9.05. The molecule has 0 aromatic heterocycles. The number of aliphatic hydroxyl groups is 2. The Morgan fingerprint density at radius 3 is 2.07 bits per heavy atom. The minimum Gasteiger partial charge on any atom is -0.508 e. The van der Waals surface area contributed by atoms with Crippen LogP contribution in [0.5, 0.6) is 28.7 Å². The summed E-state index contributed by atoms with van der Waals surface area (Å²) in [7, 11) is 0. The smallest absolute Gasteiger partial charge is 0.338 e. The predicted octanol–water partition coefficient (Wildman–Crippen LogP) is 1.35. The van der Waals surface area contributed by atoms with Crippen LogP contribution in [0, 0.1) is 0 Å². The van der Waals surface area contributed by atoms with Gasteiger partial charge in [0.2, 0.25) is 12.1 Å². The van der Waals surface area contributed by atoms with Gasteiger partial charge in [-0.15, -0.1) is 0 Å². The molecule has 3 aromatic rings. The molecular weight excluding hydrogens is 544 g/mol. The number of phenols is 4. The van der Waals surface area contributed by atoms with Crippen molar-refractivity contribution in [3.63, 3.8) is 0 Å². The van der Waals surface area contributed by atoms with E-state index in [1.165, 1.54) is 12.1 Å². The van der Waals surface area contributed by atoms with Crippen molar-refractivity contribution >= 4 is 17.7 Å². The summed E-state index contributed by atoms with van der Waals surface area (Å²) in [5.41, 5.74) is -0.684. The van der Waals surface area contributed by atoms with Gasteiger partial charge in [-0.3, -0.25) is 9.59 Å². The van der Waals surface area contributed by atoms with Gasteiger partial charge in [0, 0.05) is 30.7 Å². The van der Waals surface area contributed by atoms with Gasteiger partial charge in [-0.05, 0) is 24.3 Å². The molecule has 4 rings (SSSR count). The zero-order valence-electron chi connectivity index (χ0n) is 21.4. The fourth-order valence-corrected chi connectivity index (χ4v) is 4.27. The van der Waals surface area contributed by atoms with E-state index in [1.807, 2.05) is 0 Å². The third-order valence-corrected chi connectivity index (χ3v) is 6.05. The van der Waals surface area contributed by atoms with Gasteiger partial charge in [-0.1, -0.05) is 18.2 Å². The first-order valence-corrected chi connectivity index (χ1v) is 12.2. The number of carbonyl (C=O) groups is 3. The Balaban J connectivity index is 1.68. The summed E-state index contributed by atoms with van der Waals surface area (Å²) >= 11 is 0. The third kappa shape index (κ3) is 6.49. The minimum absolute atomic E-state index is 0.134. The molecule has 0 spiro atoms. The van der Waals surface area contributed by atoms with Gasteiger partial charge >= 0.3 is 11.9 Å². The molecule has 0 unspecified atom stereocenters. The predicted molar refractivity (Wildman–Crippen MR) is 137 cm³/mol. The van der Waals surface area contributed by atoms with Crippen LogP contribution in [0.3, 0.4) is 0 Å². The molecule has 6 N–H and O–H groups in total. The minimum atomic E-state index is -1.81. The summed E-state index contributed by atoms with van der Waals surface area (Å²) in [5, 5.41) is 61.3. The molecule has 5 atom stereocenters. The Morgan fingerprint density at radius 1 is 0.829 bits per heavy atom. The standard InChI is InChI=1S/C28H26O13/c1-13(30)38-26-24(36)25(41-27(37)14-5-3-2-4-6-14)21(12-29)40-28(26)39-20-11-18(33)10-19(34)22(20)23(35)15-7-16(31)9-17(32)8-15/h2-11,21,24-26,28-29,31-34,36H,12H2,1H3/t21-,24+,25-,26-,28-/m1/s1. The summed E-state index contributed by atoms with van der Waals surface area (Å²) in [6.07, 6.45) is -8.21. The van der Waals surface area contributed by atoms with E-state index in [4.69, 9.17) is 18.9 Å². The fraction of sp³-hybridized carbons (Fsp3) is 0.250. The zero-order valence-corrected chi connectivity index (χ0v) is 21.4. The molecule has 1 fully saturated rings. The maximum absolute atomic E-state index is 13.3. The molecule has 13 nitrogen and oxygen atoms in total. The van der Waals surface area contributed by atoms with Crippen molar-refractivity contribution < 1.29 is 64.0 Å². The van der Waals surface area contributed by atoms with Crippen molar-refractivity contribution in [3.05, 3.63) is 77.4 Å². The van der Waals surface area contributed by atoms with Gasteiger partial charge in [-0.2, -0.15) is 0 Å². The first kappa shape index (κ1) is 29.1. The fourth-order valence-electron chi connectivity index (χ4n) is 4.27. The second kappa shape index (κ2) is 12.1. The maximum Gasteiger partial charge on any atom is 0.338 e. The van der Waals surface area contributed by atoms with Crippen LogP contribution in [0.4, 0.5) is 0 Å². The Bertz CT molecular complexity index is 1420. The molecule has 0 bridgehead atoms.